The monoisotopic (exact) mass is 568 g/mol. The minimum atomic E-state index is -3.00. The van der Waals surface area contributed by atoms with Crippen LogP contribution in [0.15, 0.2) is 23.2 Å². The number of aliphatic imine (C=N–C) groups is 1. The van der Waals surface area contributed by atoms with Crippen LogP contribution in [0.4, 0.5) is 0 Å². The Kier molecular flexibility index (Phi) is 12.0. The van der Waals surface area contributed by atoms with Gasteiger partial charge >= 0.3 is 0 Å². The minimum absolute atomic E-state index is 0. The highest BCUT2D eigenvalue weighted by molar-refractivity contribution is 14.0. The van der Waals surface area contributed by atoms with Gasteiger partial charge in [0.2, 0.25) is 5.91 Å². The van der Waals surface area contributed by atoms with E-state index < -0.39 is 9.84 Å². The zero-order valence-electron chi connectivity index (χ0n) is 18.3. The summed E-state index contributed by atoms with van der Waals surface area (Å²) >= 11 is 0. The van der Waals surface area contributed by atoms with Gasteiger partial charge in [-0.15, -0.1) is 24.0 Å². The van der Waals surface area contributed by atoms with Gasteiger partial charge in [-0.2, -0.15) is 0 Å². The van der Waals surface area contributed by atoms with Gasteiger partial charge in [0.15, 0.2) is 27.3 Å². The van der Waals surface area contributed by atoms with E-state index in [2.05, 4.69) is 20.9 Å². The van der Waals surface area contributed by atoms with Crippen LogP contribution in [-0.4, -0.2) is 71.7 Å². The van der Waals surface area contributed by atoms with Crippen LogP contribution < -0.4 is 25.4 Å². The predicted molar refractivity (Wildman–Crippen MR) is 132 cm³/mol. The Labute approximate surface area is 201 Å². The van der Waals surface area contributed by atoms with Crippen molar-refractivity contribution in [2.75, 3.05) is 45.4 Å². The Morgan fingerprint density at radius 3 is 2.55 bits per heavy atom. The van der Waals surface area contributed by atoms with Crippen LogP contribution in [0, 0.1) is 0 Å². The van der Waals surface area contributed by atoms with E-state index in [0.29, 0.717) is 43.5 Å². The molecule has 0 aromatic heterocycles. The molecule has 0 aliphatic carbocycles. The topological polar surface area (TPSA) is 118 Å². The first-order valence-electron chi connectivity index (χ1n) is 10.1. The van der Waals surface area contributed by atoms with Gasteiger partial charge in [0.1, 0.15) is 0 Å². The zero-order valence-corrected chi connectivity index (χ0v) is 21.4. The smallest absolute Gasteiger partial charge is 0.222 e. The Bertz CT molecular complexity index is 848. The summed E-state index contributed by atoms with van der Waals surface area (Å²) in [5.74, 6) is 2.01. The molecule has 1 fully saturated rings. The third kappa shape index (κ3) is 9.50. The Hall–Kier alpha value is -1.76. The fourth-order valence-corrected chi connectivity index (χ4v) is 4.85. The van der Waals surface area contributed by atoms with Crippen LogP contribution >= 0.6 is 24.0 Å². The molecule has 0 bridgehead atoms. The highest BCUT2D eigenvalue weighted by atomic mass is 127. The number of methoxy groups -OCH3 is 2. The number of nitrogens with zero attached hydrogens (tertiary/aromatic N) is 1. The quantitative estimate of drug-likeness (QED) is 0.220. The van der Waals surface area contributed by atoms with E-state index in [1.807, 2.05) is 25.1 Å². The number of rotatable bonds is 10. The molecule has 1 unspecified atom stereocenters. The number of halogens is 1. The SMILES string of the molecule is CCNC(=NCCC(=O)NC1CCS(=O)(=O)C1)NCCc1ccc(OC)c(OC)c1.I. The molecule has 1 aromatic rings. The molecule has 0 saturated carbocycles. The number of carbonyl (C=O) groups is 1. The highest BCUT2D eigenvalue weighted by Crippen LogP contribution is 2.27. The van der Waals surface area contributed by atoms with Crippen molar-refractivity contribution in [1.82, 2.24) is 16.0 Å². The molecule has 31 heavy (non-hydrogen) atoms. The highest BCUT2D eigenvalue weighted by Gasteiger charge is 2.28. The van der Waals surface area contributed by atoms with Gasteiger partial charge in [0, 0.05) is 25.6 Å². The van der Waals surface area contributed by atoms with Crippen molar-refractivity contribution in [3.8, 4) is 11.5 Å². The van der Waals surface area contributed by atoms with E-state index >= 15 is 0 Å². The third-order valence-corrected chi connectivity index (χ3v) is 6.47. The third-order valence-electron chi connectivity index (χ3n) is 4.70. The molecule has 0 radical (unpaired) electrons. The fourth-order valence-electron chi connectivity index (χ4n) is 3.18. The van der Waals surface area contributed by atoms with Crippen LogP contribution in [0.2, 0.25) is 0 Å². The van der Waals surface area contributed by atoms with Gasteiger partial charge in [-0.3, -0.25) is 9.79 Å². The van der Waals surface area contributed by atoms with Gasteiger partial charge in [-0.1, -0.05) is 6.07 Å². The van der Waals surface area contributed by atoms with Gasteiger partial charge in [-0.05, 0) is 37.5 Å². The summed E-state index contributed by atoms with van der Waals surface area (Å²) in [5.41, 5.74) is 1.10. The number of hydrogen-bond donors (Lipinski definition) is 3. The number of hydrogen-bond acceptors (Lipinski definition) is 6. The molecule has 9 nitrogen and oxygen atoms in total. The second-order valence-corrected chi connectivity index (χ2v) is 9.27. The first-order chi connectivity index (χ1) is 14.4. The van der Waals surface area contributed by atoms with Crippen molar-refractivity contribution in [2.24, 2.45) is 4.99 Å². The van der Waals surface area contributed by atoms with Crippen molar-refractivity contribution in [3.05, 3.63) is 23.8 Å². The maximum atomic E-state index is 12.0. The molecular formula is C20H33IN4O5S. The van der Waals surface area contributed by atoms with Crippen molar-refractivity contribution in [2.45, 2.75) is 32.2 Å². The Morgan fingerprint density at radius 1 is 1.19 bits per heavy atom. The van der Waals surface area contributed by atoms with Crippen molar-refractivity contribution in [3.63, 3.8) is 0 Å². The minimum Gasteiger partial charge on any atom is -0.493 e. The standard InChI is InChI=1S/C20H32N4O5S.HI/c1-4-21-20(22-10-7-15-5-6-17(28-2)18(13-15)29-3)23-11-8-19(25)24-16-9-12-30(26,27)14-16;/h5-6,13,16H,4,7-12,14H2,1-3H3,(H,24,25)(H2,21,22,23);1H. The summed E-state index contributed by atoms with van der Waals surface area (Å²) in [6, 6.07) is 5.53. The van der Waals surface area contributed by atoms with Crippen molar-refractivity contribution >= 4 is 45.7 Å². The molecule has 3 N–H and O–H groups in total. The summed E-state index contributed by atoms with van der Waals surface area (Å²) in [5, 5.41) is 9.17. The van der Waals surface area contributed by atoms with E-state index in [9.17, 15) is 13.2 Å². The molecule has 1 heterocycles. The molecule has 1 atom stereocenters. The number of guanidine groups is 1. The van der Waals surface area contributed by atoms with E-state index in [0.717, 1.165) is 12.0 Å². The van der Waals surface area contributed by atoms with E-state index in [1.165, 1.54) is 0 Å². The first kappa shape index (κ1) is 27.3. The molecule has 1 aliphatic rings. The lowest BCUT2D eigenvalue weighted by Gasteiger charge is -2.13. The molecule has 0 spiro atoms. The van der Waals surface area contributed by atoms with E-state index in [4.69, 9.17) is 9.47 Å². The second kappa shape index (κ2) is 13.6. The lowest BCUT2D eigenvalue weighted by atomic mass is 10.1. The summed E-state index contributed by atoms with van der Waals surface area (Å²) in [6.07, 6.45) is 1.46. The van der Waals surface area contributed by atoms with Gasteiger partial charge in [-0.25, -0.2) is 8.42 Å². The van der Waals surface area contributed by atoms with E-state index in [-0.39, 0.29) is 53.9 Å². The van der Waals surface area contributed by atoms with Gasteiger partial charge in [0.25, 0.3) is 0 Å². The predicted octanol–water partition coefficient (Wildman–Crippen LogP) is 1.11. The first-order valence-corrected chi connectivity index (χ1v) is 11.9. The fraction of sp³-hybridized carbons (Fsp3) is 0.600. The molecule has 1 saturated heterocycles. The lowest BCUT2D eigenvalue weighted by molar-refractivity contribution is -0.121. The van der Waals surface area contributed by atoms with Crippen LogP contribution in [0.5, 0.6) is 11.5 Å². The van der Waals surface area contributed by atoms with Crippen LogP contribution in [0.3, 0.4) is 0 Å². The summed E-state index contributed by atoms with van der Waals surface area (Å²) < 4.78 is 33.5. The number of sulfone groups is 1. The molecule has 1 aliphatic heterocycles. The second-order valence-electron chi connectivity index (χ2n) is 7.04. The molecular weight excluding hydrogens is 535 g/mol. The molecule has 176 valence electrons. The molecule has 11 heteroatoms. The number of carbonyl (C=O) groups excluding carboxylic acids is 1. The van der Waals surface area contributed by atoms with E-state index in [1.54, 1.807) is 14.2 Å². The molecule has 1 amide bonds. The van der Waals surface area contributed by atoms with Gasteiger partial charge < -0.3 is 25.4 Å². The average molecular weight is 568 g/mol. The lowest BCUT2D eigenvalue weighted by Crippen LogP contribution is -2.39. The normalized spacial score (nSPS) is 17.4. The van der Waals surface area contributed by atoms with Gasteiger partial charge in [0.05, 0.1) is 32.3 Å². The average Bonchev–Trinajstić information content (AvgIpc) is 3.05. The Balaban J connectivity index is 0.00000480. The van der Waals surface area contributed by atoms with Crippen LogP contribution in [-0.2, 0) is 21.1 Å². The van der Waals surface area contributed by atoms with Crippen LogP contribution in [0.25, 0.3) is 0 Å². The maximum absolute atomic E-state index is 12.0. The largest absolute Gasteiger partial charge is 0.493 e. The number of nitrogens with one attached hydrogen (secondary N) is 3. The molecule has 2 rings (SSSR count). The summed E-state index contributed by atoms with van der Waals surface area (Å²) in [4.78, 5) is 16.4. The van der Waals surface area contributed by atoms with Crippen molar-refractivity contribution < 1.29 is 22.7 Å². The maximum Gasteiger partial charge on any atom is 0.222 e. The van der Waals surface area contributed by atoms with Crippen molar-refractivity contribution in [1.29, 1.82) is 0 Å². The Morgan fingerprint density at radius 2 is 1.94 bits per heavy atom. The number of amides is 1. The van der Waals surface area contributed by atoms with Crippen LogP contribution in [0.1, 0.15) is 25.3 Å². The zero-order chi connectivity index (χ0) is 22.0. The number of ether oxygens (including phenoxy) is 2. The summed E-state index contributed by atoms with van der Waals surface area (Å²) in [6.45, 7) is 3.65. The summed E-state index contributed by atoms with van der Waals surface area (Å²) in [7, 11) is 0.213. The number of benzene rings is 1. The molecule has 1 aromatic carbocycles.